The third kappa shape index (κ3) is 6.84. The summed E-state index contributed by atoms with van der Waals surface area (Å²) in [6, 6.07) is 18.0. The monoisotopic (exact) mass is 479 g/mol. The van der Waals surface area contributed by atoms with Crippen molar-refractivity contribution in [2.24, 2.45) is 5.92 Å². The minimum absolute atomic E-state index is 0.346. The summed E-state index contributed by atoms with van der Waals surface area (Å²) >= 11 is 0. The van der Waals surface area contributed by atoms with E-state index in [2.05, 4.69) is 18.7 Å². The van der Waals surface area contributed by atoms with E-state index >= 15 is 0 Å². The highest BCUT2D eigenvalue weighted by atomic mass is 16.5. The van der Waals surface area contributed by atoms with E-state index in [-0.39, 0.29) is 0 Å². The van der Waals surface area contributed by atoms with E-state index in [0.717, 1.165) is 35.5 Å². The maximum atomic E-state index is 10.7. The maximum Gasteiger partial charge on any atom is 0.227 e. The van der Waals surface area contributed by atoms with Crippen LogP contribution in [0, 0.1) is 12.8 Å². The van der Waals surface area contributed by atoms with E-state index in [4.69, 9.17) is 19.3 Å². The molecule has 1 atom stereocenters. The molecule has 188 valence electrons. The Kier molecular flexibility index (Phi) is 8.44. The van der Waals surface area contributed by atoms with Crippen LogP contribution in [0.5, 0.6) is 17.4 Å². The van der Waals surface area contributed by atoms with Crippen LogP contribution in [0.3, 0.4) is 0 Å². The minimum atomic E-state index is -0.537. The number of rotatable bonds is 13. The van der Waals surface area contributed by atoms with Crippen LogP contribution in [-0.4, -0.2) is 58.8 Å². The number of aryl methyl sites for hydroxylation is 1. The molecule has 1 aliphatic rings. The summed E-state index contributed by atoms with van der Waals surface area (Å²) in [4.78, 5) is 2.34. The lowest BCUT2D eigenvalue weighted by molar-refractivity contribution is 0.00536. The Morgan fingerprint density at radius 1 is 1.03 bits per heavy atom. The van der Waals surface area contributed by atoms with Crippen LogP contribution >= 0.6 is 0 Å². The van der Waals surface area contributed by atoms with Gasteiger partial charge in [0.25, 0.3) is 0 Å². The Balaban J connectivity index is 1.59. The van der Waals surface area contributed by atoms with Gasteiger partial charge >= 0.3 is 0 Å². The first-order valence-corrected chi connectivity index (χ1v) is 12.4. The summed E-state index contributed by atoms with van der Waals surface area (Å²) in [5.74, 6) is 2.63. The second-order valence-corrected chi connectivity index (χ2v) is 9.64. The average Bonchev–Trinajstić information content (AvgIpc) is 3.66. The fraction of sp³-hybridized carbons (Fsp3) is 0.464. The molecular weight excluding hydrogens is 442 g/mol. The zero-order valence-electron chi connectivity index (χ0n) is 21.2. The molecule has 0 saturated heterocycles. The molecule has 3 aromatic rings. The normalized spacial score (nSPS) is 14.5. The molecule has 0 aliphatic heterocycles. The molecule has 1 aliphatic carbocycles. The third-order valence-electron chi connectivity index (χ3n) is 6.04. The number of aromatic nitrogens is 2. The zero-order chi connectivity index (χ0) is 24.8. The topological polar surface area (TPSA) is 69.0 Å². The van der Waals surface area contributed by atoms with Crippen LogP contribution in [0.4, 0.5) is 0 Å². The van der Waals surface area contributed by atoms with Gasteiger partial charge in [-0.2, -0.15) is 5.10 Å². The first-order chi connectivity index (χ1) is 16.9. The Bertz CT molecular complexity index is 1060. The molecule has 1 heterocycles. The van der Waals surface area contributed by atoms with Crippen LogP contribution in [0.15, 0.2) is 54.6 Å². The van der Waals surface area contributed by atoms with Gasteiger partial charge in [0.1, 0.15) is 11.5 Å². The fourth-order valence-electron chi connectivity index (χ4n) is 4.07. The highest BCUT2D eigenvalue weighted by molar-refractivity contribution is 5.44. The molecule has 7 heteroatoms. The number of hydrogen-bond donors (Lipinski definition) is 1. The standard InChI is InChI=1S/C28H37N3O4/c1-20(2)18-34-19-24(32)16-30(22-10-11-22)17-27-21(3)29-31(23-8-6-5-7-9-23)28(27)35-26-14-12-25(33-4)13-15-26/h5-9,12-15,20,22,24,32H,10-11,16-19H2,1-4H3/t24-/m0/s1. The summed E-state index contributed by atoms with van der Waals surface area (Å²) in [6.45, 7) is 8.45. The summed E-state index contributed by atoms with van der Waals surface area (Å²) < 4.78 is 19.3. The van der Waals surface area contributed by atoms with Gasteiger partial charge in [-0.3, -0.25) is 4.90 Å². The zero-order valence-corrected chi connectivity index (χ0v) is 21.2. The number of aliphatic hydroxyl groups excluding tert-OH is 1. The molecule has 0 amide bonds. The Hall–Kier alpha value is -2.87. The van der Waals surface area contributed by atoms with Crippen molar-refractivity contribution >= 4 is 0 Å². The van der Waals surface area contributed by atoms with Crippen LogP contribution in [0.1, 0.15) is 37.9 Å². The number of aliphatic hydroxyl groups is 1. The van der Waals surface area contributed by atoms with E-state index in [1.807, 2.05) is 66.2 Å². The molecule has 4 rings (SSSR count). The van der Waals surface area contributed by atoms with Crippen molar-refractivity contribution in [3.05, 3.63) is 65.9 Å². The molecule has 0 spiro atoms. The average molecular weight is 480 g/mol. The Morgan fingerprint density at radius 3 is 2.34 bits per heavy atom. The van der Waals surface area contributed by atoms with E-state index in [1.165, 1.54) is 0 Å². The molecule has 0 radical (unpaired) electrons. The molecule has 0 bridgehead atoms. The smallest absolute Gasteiger partial charge is 0.227 e. The lowest BCUT2D eigenvalue weighted by Gasteiger charge is -2.25. The summed E-state index contributed by atoms with van der Waals surface area (Å²) in [5.41, 5.74) is 2.87. The van der Waals surface area contributed by atoms with Gasteiger partial charge in [-0.1, -0.05) is 32.0 Å². The third-order valence-corrected chi connectivity index (χ3v) is 6.04. The minimum Gasteiger partial charge on any atom is -0.497 e. The van der Waals surface area contributed by atoms with Gasteiger partial charge in [-0.25, -0.2) is 4.68 Å². The summed E-state index contributed by atoms with van der Waals surface area (Å²) in [6.07, 6.45) is 1.74. The highest BCUT2D eigenvalue weighted by Gasteiger charge is 2.32. The van der Waals surface area contributed by atoms with Gasteiger partial charge in [0.2, 0.25) is 5.88 Å². The second kappa shape index (κ2) is 11.7. The van der Waals surface area contributed by atoms with Crippen molar-refractivity contribution in [1.82, 2.24) is 14.7 Å². The molecule has 1 fully saturated rings. The van der Waals surface area contributed by atoms with Crippen LogP contribution in [0.2, 0.25) is 0 Å². The maximum absolute atomic E-state index is 10.7. The van der Waals surface area contributed by atoms with Crippen molar-refractivity contribution in [2.75, 3.05) is 26.9 Å². The van der Waals surface area contributed by atoms with E-state index in [9.17, 15) is 5.11 Å². The lowest BCUT2D eigenvalue weighted by Crippen LogP contribution is -2.36. The molecule has 2 aromatic carbocycles. The van der Waals surface area contributed by atoms with Crippen LogP contribution in [0.25, 0.3) is 5.69 Å². The predicted molar refractivity (Wildman–Crippen MR) is 136 cm³/mol. The van der Waals surface area contributed by atoms with Crippen LogP contribution in [-0.2, 0) is 11.3 Å². The van der Waals surface area contributed by atoms with Crippen molar-refractivity contribution in [3.8, 4) is 23.1 Å². The molecule has 1 saturated carbocycles. The number of nitrogens with zero attached hydrogens (tertiary/aromatic N) is 3. The Labute approximate surface area is 208 Å². The van der Waals surface area contributed by atoms with Gasteiger partial charge in [0.05, 0.1) is 36.8 Å². The molecular formula is C28H37N3O4. The number of ether oxygens (including phenoxy) is 3. The van der Waals surface area contributed by atoms with Crippen molar-refractivity contribution in [3.63, 3.8) is 0 Å². The van der Waals surface area contributed by atoms with E-state index in [0.29, 0.717) is 49.9 Å². The number of hydrogen-bond acceptors (Lipinski definition) is 6. The number of benzene rings is 2. The van der Waals surface area contributed by atoms with E-state index < -0.39 is 6.10 Å². The lowest BCUT2D eigenvalue weighted by atomic mass is 10.2. The molecule has 7 nitrogen and oxygen atoms in total. The fourth-order valence-corrected chi connectivity index (χ4v) is 4.07. The number of methoxy groups -OCH3 is 1. The molecule has 1 aromatic heterocycles. The molecule has 35 heavy (non-hydrogen) atoms. The molecule has 1 N–H and O–H groups in total. The number of para-hydroxylation sites is 1. The SMILES string of the molecule is COc1ccc(Oc2c(CN(C[C@H](O)COCC(C)C)C3CC3)c(C)nn2-c2ccccc2)cc1. The highest BCUT2D eigenvalue weighted by Crippen LogP contribution is 2.35. The summed E-state index contributed by atoms with van der Waals surface area (Å²) in [7, 11) is 1.65. The molecule has 0 unspecified atom stereocenters. The van der Waals surface area contributed by atoms with Gasteiger partial charge in [-0.15, -0.1) is 0 Å². The Morgan fingerprint density at radius 2 is 1.71 bits per heavy atom. The van der Waals surface area contributed by atoms with Crippen molar-refractivity contribution < 1.29 is 19.3 Å². The quantitative estimate of drug-likeness (QED) is 0.373. The second-order valence-electron chi connectivity index (χ2n) is 9.64. The largest absolute Gasteiger partial charge is 0.497 e. The van der Waals surface area contributed by atoms with E-state index in [1.54, 1.807) is 7.11 Å². The van der Waals surface area contributed by atoms with Crippen molar-refractivity contribution in [1.29, 1.82) is 0 Å². The van der Waals surface area contributed by atoms with Gasteiger partial charge < -0.3 is 19.3 Å². The first kappa shape index (κ1) is 25.2. The van der Waals surface area contributed by atoms with Crippen LogP contribution < -0.4 is 9.47 Å². The predicted octanol–water partition coefficient (Wildman–Crippen LogP) is 4.98. The first-order valence-electron chi connectivity index (χ1n) is 12.4. The van der Waals surface area contributed by atoms with Gasteiger partial charge in [0, 0.05) is 25.7 Å². The summed E-state index contributed by atoms with van der Waals surface area (Å²) in [5, 5.41) is 15.5. The van der Waals surface area contributed by atoms with Gasteiger partial charge in [-0.05, 0) is 62.1 Å². The van der Waals surface area contributed by atoms with Crippen molar-refractivity contribution in [2.45, 2.75) is 52.3 Å². The van der Waals surface area contributed by atoms with Gasteiger partial charge in [0.15, 0.2) is 0 Å².